The molecule has 3 nitrogen and oxygen atoms in total. The molecular formula is C13H16O3. The maximum atomic E-state index is 11.6. The Morgan fingerprint density at radius 3 is 2.56 bits per heavy atom. The van der Waals surface area contributed by atoms with Crippen LogP contribution in [0.5, 0.6) is 5.75 Å². The quantitative estimate of drug-likeness (QED) is 0.577. The third kappa shape index (κ3) is 2.63. The second kappa shape index (κ2) is 5.95. The molecule has 0 aliphatic carbocycles. The van der Waals surface area contributed by atoms with Crippen LogP contribution in [-0.4, -0.2) is 20.2 Å². The highest BCUT2D eigenvalue weighted by atomic mass is 16.5. The van der Waals surface area contributed by atoms with Crippen LogP contribution in [0, 0.1) is 0 Å². The highest BCUT2D eigenvalue weighted by molar-refractivity contribution is 5.81. The molecule has 0 N–H and O–H groups in total. The Bertz CT molecular complexity index is 383. The average Bonchev–Trinajstić information content (AvgIpc) is 2.35. The first-order chi connectivity index (χ1) is 7.74. The largest absolute Gasteiger partial charge is 0.496 e. The zero-order valence-electron chi connectivity index (χ0n) is 9.77. The fourth-order valence-corrected chi connectivity index (χ4v) is 1.55. The van der Waals surface area contributed by atoms with Gasteiger partial charge in [0.05, 0.1) is 14.2 Å². The van der Waals surface area contributed by atoms with E-state index >= 15 is 0 Å². The number of benzene rings is 1. The van der Waals surface area contributed by atoms with Crippen molar-refractivity contribution in [1.29, 1.82) is 0 Å². The summed E-state index contributed by atoms with van der Waals surface area (Å²) in [4.78, 5) is 11.6. The van der Waals surface area contributed by atoms with Gasteiger partial charge in [0.15, 0.2) is 0 Å². The van der Waals surface area contributed by atoms with Gasteiger partial charge in [0, 0.05) is 5.56 Å². The Labute approximate surface area is 95.7 Å². The lowest BCUT2D eigenvalue weighted by Gasteiger charge is -2.14. The van der Waals surface area contributed by atoms with Crippen molar-refractivity contribution in [1.82, 2.24) is 0 Å². The first-order valence-corrected chi connectivity index (χ1v) is 5.08. The predicted molar refractivity (Wildman–Crippen MR) is 62.6 cm³/mol. The number of para-hydroxylation sites is 1. The summed E-state index contributed by atoms with van der Waals surface area (Å²) < 4.78 is 10.00. The zero-order valence-corrected chi connectivity index (χ0v) is 9.77. The molecule has 0 fully saturated rings. The van der Waals surface area contributed by atoms with Gasteiger partial charge in [-0.15, -0.1) is 0 Å². The fourth-order valence-electron chi connectivity index (χ4n) is 1.55. The van der Waals surface area contributed by atoms with E-state index in [9.17, 15) is 4.79 Å². The van der Waals surface area contributed by atoms with Crippen LogP contribution in [0.15, 0.2) is 36.4 Å². The van der Waals surface area contributed by atoms with Crippen LogP contribution < -0.4 is 4.74 Å². The van der Waals surface area contributed by atoms with E-state index in [1.165, 1.54) is 7.11 Å². The number of hydrogen-bond acceptors (Lipinski definition) is 3. The Hall–Kier alpha value is -1.77. The minimum atomic E-state index is -0.411. The number of ether oxygens (including phenoxy) is 2. The Kier molecular flexibility index (Phi) is 4.58. The average molecular weight is 220 g/mol. The molecule has 0 aliphatic rings. The first kappa shape index (κ1) is 12.3. The van der Waals surface area contributed by atoms with Crippen LogP contribution in [0.1, 0.15) is 18.4 Å². The standard InChI is InChI=1S/C13H16O3/c1-4-7-11(13(14)16-3)10-8-5-6-9-12(10)15-2/h4-9,11H,1-3H3/b7-4-. The highest BCUT2D eigenvalue weighted by Gasteiger charge is 2.21. The Morgan fingerprint density at radius 2 is 2.00 bits per heavy atom. The Morgan fingerprint density at radius 1 is 1.31 bits per heavy atom. The summed E-state index contributed by atoms with van der Waals surface area (Å²) in [5.41, 5.74) is 0.815. The van der Waals surface area contributed by atoms with Crippen molar-refractivity contribution in [2.45, 2.75) is 12.8 Å². The highest BCUT2D eigenvalue weighted by Crippen LogP contribution is 2.28. The molecule has 1 aromatic rings. The molecule has 1 unspecified atom stereocenters. The van der Waals surface area contributed by atoms with Crippen LogP contribution >= 0.6 is 0 Å². The molecule has 86 valence electrons. The van der Waals surface area contributed by atoms with E-state index in [0.29, 0.717) is 5.75 Å². The van der Waals surface area contributed by atoms with Crippen molar-refractivity contribution in [3.8, 4) is 5.75 Å². The van der Waals surface area contributed by atoms with Crippen LogP contribution in [0.4, 0.5) is 0 Å². The van der Waals surface area contributed by atoms with Gasteiger partial charge in [0.2, 0.25) is 0 Å². The van der Waals surface area contributed by atoms with Gasteiger partial charge in [-0.05, 0) is 13.0 Å². The molecule has 1 rings (SSSR count). The maximum absolute atomic E-state index is 11.6. The summed E-state index contributed by atoms with van der Waals surface area (Å²) in [6.45, 7) is 1.87. The first-order valence-electron chi connectivity index (χ1n) is 5.08. The molecule has 3 heteroatoms. The van der Waals surface area contributed by atoms with E-state index in [-0.39, 0.29) is 5.97 Å². The molecule has 0 heterocycles. The van der Waals surface area contributed by atoms with E-state index in [1.54, 1.807) is 13.2 Å². The summed E-state index contributed by atoms with van der Waals surface area (Å²) in [6.07, 6.45) is 3.62. The molecule has 1 aromatic carbocycles. The van der Waals surface area contributed by atoms with Crippen LogP contribution in [0.2, 0.25) is 0 Å². The minimum absolute atomic E-state index is 0.289. The van der Waals surface area contributed by atoms with Gasteiger partial charge in [0.25, 0.3) is 0 Å². The number of rotatable bonds is 4. The van der Waals surface area contributed by atoms with Gasteiger partial charge in [-0.1, -0.05) is 30.4 Å². The van der Waals surface area contributed by atoms with Gasteiger partial charge < -0.3 is 9.47 Å². The predicted octanol–water partition coefficient (Wildman–Crippen LogP) is 2.53. The van der Waals surface area contributed by atoms with Gasteiger partial charge in [-0.2, -0.15) is 0 Å². The summed E-state index contributed by atoms with van der Waals surface area (Å²) >= 11 is 0. The molecule has 16 heavy (non-hydrogen) atoms. The monoisotopic (exact) mass is 220 g/mol. The molecule has 0 saturated heterocycles. The van der Waals surface area contributed by atoms with E-state index in [0.717, 1.165) is 5.56 Å². The molecule has 1 atom stereocenters. The molecule has 0 bridgehead atoms. The third-order valence-corrected chi connectivity index (χ3v) is 2.31. The van der Waals surface area contributed by atoms with Crippen LogP contribution in [0.25, 0.3) is 0 Å². The Balaban J connectivity index is 3.14. The van der Waals surface area contributed by atoms with E-state index in [4.69, 9.17) is 9.47 Å². The topological polar surface area (TPSA) is 35.5 Å². The molecule has 0 amide bonds. The van der Waals surface area contributed by atoms with Gasteiger partial charge >= 0.3 is 5.97 Å². The van der Waals surface area contributed by atoms with Gasteiger partial charge in [-0.3, -0.25) is 4.79 Å². The van der Waals surface area contributed by atoms with Crippen LogP contribution in [-0.2, 0) is 9.53 Å². The number of methoxy groups -OCH3 is 2. The zero-order chi connectivity index (χ0) is 12.0. The summed E-state index contributed by atoms with van der Waals surface area (Å²) in [5.74, 6) is -0.00949. The maximum Gasteiger partial charge on any atom is 0.317 e. The van der Waals surface area contributed by atoms with Crippen LogP contribution in [0.3, 0.4) is 0 Å². The summed E-state index contributed by atoms with van der Waals surface area (Å²) in [5, 5.41) is 0. The normalized spacial score (nSPS) is 12.4. The van der Waals surface area contributed by atoms with E-state index in [1.807, 2.05) is 37.3 Å². The number of allylic oxidation sites excluding steroid dienone is 1. The molecule has 0 aliphatic heterocycles. The van der Waals surface area contributed by atoms with Crippen molar-refractivity contribution in [2.75, 3.05) is 14.2 Å². The number of esters is 1. The smallest absolute Gasteiger partial charge is 0.317 e. The number of carbonyl (C=O) groups excluding carboxylic acids is 1. The van der Waals surface area contributed by atoms with Crippen molar-refractivity contribution < 1.29 is 14.3 Å². The summed E-state index contributed by atoms with van der Waals surface area (Å²) in [6, 6.07) is 7.43. The van der Waals surface area contributed by atoms with Crippen molar-refractivity contribution in [3.63, 3.8) is 0 Å². The SMILES string of the molecule is C/C=C\C(C(=O)OC)c1ccccc1OC. The number of carbonyl (C=O) groups is 1. The van der Waals surface area contributed by atoms with Crippen molar-refractivity contribution >= 4 is 5.97 Å². The summed E-state index contributed by atoms with van der Waals surface area (Å²) in [7, 11) is 2.97. The van der Waals surface area contributed by atoms with Crippen molar-refractivity contribution in [2.24, 2.45) is 0 Å². The molecule has 0 spiro atoms. The van der Waals surface area contributed by atoms with Gasteiger partial charge in [-0.25, -0.2) is 0 Å². The van der Waals surface area contributed by atoms with Gasteiger partial charge in [0.1, 0.15) is 11.7 Å². The molecular weight excluding hydrogens is 204 g/mol. The van der Waals surface area contributed by atoms with E-state index in [2.05, 4.69) is 0 Å². The lowest BCUT2D eigenvalue weighted by molar-refractivity contribution is -0.141. The lowest BCUT2D eigenvalue weighted by atomic mass is 9.98. The lowest BCUT2D eigenvalue weighted by Crippen LogP contribution is -2.13. The minimum Gasteiger partial charge on any atom is -0.496 e. The second-order valence-corrected chi connectivity index (χ2v) is 3.27. The number of hydrogen-bond donors (Lipinski definition) is 0. The molecule has 0 aromatic heterocycles. The molecule has 0 saturated carbocycles. The fraction of sp³-hybridized carbons (Fsp3) is 0.308. The second-order valence-electron chi connectivity index (χ2n) is 3.27. The molecule has 0 radical (unpaired) electrons. The third-order valence-electron chi connectivity index (χ3n) is 2.31. The van der Waals surface area contributed by atoms with E-state index < -0.39 is 5.92 Å². The van der Waals surface area contributed by atoms with Crippen molar-refractivity contribution in [3.05, 3.63) is 42.0 Å².